The number of halogens is 4. The lowest BCUT2D eigenvalue weighted by molar-refractivity contribution is -0.137. The Morgan fingerprint density at radius 3 is 2.50 bits per heavy atom. The van der Waals surface area contributed by atoms with Gasteiger partial charge in [-0.05, 0) is 42.7 Å². The summed E-state index contributed by atoms with van der Waals surface area (Å²) in [5.41, 5.74) is 2.30. The Hall–Kier alpha value is -2.87. The standard InChI is InChI=1S/C25H27ClF3N5/c1-16(2)22-32-21-11-15-34(24-20(25(27,28)29)4-3-12-31-24)14-10-19(21)23(33-22)30-13-9-17-5-7-18(26)8-6-17/h3-8,12,16H,9-11,13-15H2,1-2H3,(H,30,32,33). The summed E-state index contributed by atoms with van der Waals surface area (Å²) in [6.45, 7) is 5.55. The molecular weight excluding hydrogens is 463 g/mol. The maximum Gasteiger partial charge on any atom is 0.419 e. The first kappa shape index (κ1) is 24.3. The van der Waals surface area contributed by atoms with Crippen molar-refractivity contribution in [3.8, 4) is 0 Å². The van der Waals surface area contributed by atoms with Crippen LogP contribution in [0.3, 0.4) is 0 Å². The van der Waals surface area contributed by atoms with Gasteiger partial charge in [0.15, 0.2) is 0 Å². The molecule has 3 aromatic rings. The van der Waals surface area contributed by atoms with Crippen molar-refractivity contribution in [1.82, 2.24) is 15.0 Å². The van der Waals surface area contributed by atoms with Crippen LogP contribution in [0, 0.1) is 0 Å². The molecule has 1 aliphatic rings. The number of nitrogens with one attached hydrogen (secondary N) is 1. The molecule has 34 heavy (non-hydrogen) atoms. The molecule has 0 aliphatic carbocycles. The third-order valence-corrected chi connectivity index (χ3v) is 6.14. The highest BCUT2D eigenvalue weighted by atomic mass is 35.5. The van der Waals surface area contributed by atoms with Gasteiger partial charge in [-0.1, -0.05) is 37.6 Å². The van der Waals surface area contributed by atoms with Gasteiger partial charge in [0.2, 0.25) is 0 Å². The molecule has 180 valence electrons. The summed E-state index contributed by atoms with van der Waals surface area (Å²) in [6, 6.07) is 10.1. The zero-order valence-corrected chi connectivity index (χ0v) is 19.9. The molecule has 0 saturated heterocycles. The lowest BCUT2D eigenvalue weighted by Gasteiger charge is -2.24. The van der Waals surface area contributed by atoms with E-state index in [0.717, 1.165) is 41.0 Å². The van der Waals surface area contributed by atoms with Crippen molar-refractivity contribution in [1.29, 1.82) is 0 Å². The van der Waals surface area contributed by atoms with Crippen LogP contribution in [0.5, 0.6) is 0 Å². The van der Waals surface area contributed by atoms with E-state index in [1.165, 1.54) is 12.3 Å². The van der Waals surface area contributed by atoms with Crippen molar-refractivity contribution in [2.24, 2.45) is 0 Å². The quantitative estimate of drug-likeness (QED) is 0.465. The van der Waals surface area contributed by atoms with Crippen molar-refractivity contribution in [2.45, 2.75) is 45.2 Å². The number of benzene rings is 1. The van der Waals surface area contributed by atoms with E-state index < -0.39 is 11.7 Å². The van der Waals surface area contributed by atoms with Gasteiger partial charge >= 0.3 is 6.18 Å². The third kappa shape index (κ3) is 5.60. The molecule has 0 bridgehead atoms. The SMILES string of the molecule is CC(C)c1nc2c(c(NCCc3ccc(Cl)cc3)n1)CCN(c1ncccc1C(F)(F)F)CC2. The van der Waals surface area contributed by atoms with E-state index in [1.54, 1.807) is 4.90 Å². The van der Waals surface area contributed by atoms with E-state index >= 15 is 0 Å². The zero-order chi connectivity index (χ0) is 24.3. The highest BCUT2D eigenvalue weighted by Crippen LogP contribution is 2.36. The summed E-state index contributed by atoms with van der Waals surface area (Å²) in [7, 11) is 0. The van der Waals surface area contributed by atoms with Gasteiger partial charge in [0.05, 0.1) is 11.3 Å². The van der Waals surface area contributed by atoms with Crippen LogP contribution < -0.4 is 10.2 Å². The predicted molar refractivity (Wildman–Crippen MR) is 129 cm³/mol. The van der Waals surface area contributed by atoms with Crippen LogP contribution >= 0.6 is 11.6 Å². The number of fused-ring (bicyclic) bond motifs is 1. The summed E-state index contributed by atoms with van der Waals surface area (Å²) < 4.78 is 40.7. The second-order valence-electron chi connectivity index (χ2n) is 8.67. The third-order valence-electron chi connectivity index (χ3n) is 5.89. The number of hydrogen-bond donors (Lipinski definition) is 1. The van der Waals surface area contributed by atoms with Crippen LogP contribution in [0.15, 0.2) is 42.6 Å². The Bertz CT molecular complexity index is 1130. The molecule has 0 spiro atoms. The first-order valence-corrected chi connectivity index (χ1v) is 11.8. The average molecular weight is 490 g/mol. The van der Waals surface area contributed by atoms with Crippen molar-refractivity contribution >= 4 is 23.2 Å². The minimum Gasteiger partial charge on any atom is -0.369 e. The molecular formula is C25H27ClF3N5. The van der Waals surface area contributed by atoms with E-state index in [-0.39, 0.29) is 11.7 Å². The van der Waals surface area contributed by atoms with Crippen LogP contribution in [-0.4, -0.2) is 34.6 Å². The molecule has 0 fully saturated rings. The average Bonchev–Trinajstić information content (AvgIpc) is 3.02. The van der Waals surface area contributed by atoms with Gasteiger partial charge in [-0.25, -0.2) is 15.0 Å². The number of rotatable bonds is 6. The molecule has 0 radical (unpaired) electrons. The summed E-state index contributed by atoms with van der Waals surface area (Å²) >= 11 is 5.97. The van der Waals surface area contributed by atoms with Gasteiger partial charge in [-0.2, -0.15) is 13.2 Å². The van der Waals surface area contributed by atoms with Gasteiger partial charge in [0.1, 0.15) is 17.5 Å². The smallest absolute Gasteiger partial charge is 0.369 e. The molecule has 0 saturated carbocycles. The summed E-state index contributed by atoms with van der Waals surface area (Å²) in [5.74, 6) is 1.60. The van der Waals surface area contributed by atoms with Gasteiger partial charge in [0, 0.05) is 48.8 Å². The van der Waals surface area contributed by atoms with Crippen molar-refractivity contribution in [3.63, 3.8) is 0 Å². The summed E-state index contributed by atoms with van der Waals surface area (Å²) in [4.78, 5) is 15.3. The van der Waals surface area contributed by atoms with Crippen LogP contribution in [0.2, 0.25) is 5.02 Å². The van der Waals surface area contributed by atoms with Crippen molar-refractivity contribution in [2.75, 3.05) is 29.9 Å². The normalized spacial score (nSPS) is 14.1. The minimum atomic E-state index is -4.46. The number of aromatic nitrogens is 3. The van der Waals surface area contributed by atoms with Gasteiger partial charge in [-0.3, -0.25) is 0 Å². The van der Waals surface area contributed by atoms with Gasteiger partial charge < -0.3 is 10.2 Å². The summed E-state index contributed by atoms with van der Waals surface area (Å²) in [6.07, 6.45) is -1.20. The van der Waals surface area contributed by atoms with E-state index in [4.69, 9.17) is 21.6 Å². The number of nitrogens with zero attached hydrogens (tertiary/aromatic N) is 4. The fourth-order valence-electron chi connectivity index (χ4n) is 4.08. The minimum absolute atomic E-state index is 0.0305. The molecule has 1 aliphatic heterocycles. The Labute approximate surface area is 202 Å². The fraction of sp³-hybridized carbons (Fsp3) is 0.400. The van der Waals surface area contributed by atoms with E-state index in [9.17, 15) is 13.2 Å². The molecule has 1 N–H and O–H groups in total. The zero-order valence-electron chi connectivity index (χ0n) is 19.2. The van der Waals surface area contributed by atoms with Crippen LogP contribution in [0.4, 0.5) is 24.8 Å². The topological polar surface area (TPSA) is 53.9 Å². The lowest BCUT2D eigenvalue weighted by Crippen LogP contribution is -2.29. The maximum atomic E-state index is 13.6. The van der Waals surface area contributed by atoms with Gasteiger partial charge in [0.25, 0.3) is 0 Å². The molecule has 3 heterocycles. The van der Waals surface area contributed by atoms with Crippen LogP contribution in [0.1, 0.15) is 48.0 Å². The predicted octanol–water partition coefficient (Wildman–Crippen LogP) is 5.93. The molecule has 5 nitrogen and oxygen atoms in total. The maximum absolute atomic E-state index is 13.6. The highest BCUT2D eigenvalue weighted by Gasteiger charge is 2.36. The van der Waals surface area contributed by atoms with Crippen molar-refractivity contribution in [3.05, 3.63) is 75.8 Å². The fourth-order valence-corrected chi connectivity index (χ4v) is 4.21. The number of pyridine rings is 1. The number of hydrogen-bond acceptors (Lipinski definition) is 5. The lowest BCUT2D eigenvalue weighted by atomic mass is 10.1. The Morgan fingerprint density at radius 2 is 1.79 bits per heavy atom. The molecule has 0 amide bonds. The monoisotopic (exact) mass is 489 g/mol. The number of alkyl halides is 3. The Balaban J connectivity index is 1.56. The van der Waals surface area contributed by atoms with E-state index in [0.29, 0.717) is 37.5 Å². The Morgan fingerprint density at radius 1 is 1.06 bits per heavy atom. The van der Waals surface area contributed by atoms with E-state index in [2.05, 4.69) is 10.3 Å². The summed E-state index contributed by atoms with van der Waals surface area (Å²) in [5, 5.41) is 4.15. The molecule has 0 unspecified atom stereocenters. The first-order valence-electron chi connectivity index (χ1n) is 11.4. The second kappa shape index (κ2) is 10.2. The van der Waals surface area contributed by atoms with Crippen molar-refractivity contribution < 1.29 is 13.2 Å². The molecule has 0 atom stereocenters. The van der Waals surface area contributed by atoms with Gasteiger partial charge in [-0.15, -0.1) is 0 Å². The van der Waals surface area contributed by atoms with Crippen LogP contribution in [-0.2, 0) is 25.4 Å². The van der Waals surface area contributed by atoms with E-state index in [1.807, 2.05) is 38.1 Å². The highest BCUT2D eigenvalue weighted by molar-refractivity contribution is 6.30. The number of anilines is 2. The molecule has 4 rings (SSSR count). The molecule has 1 aromatic carbocycles. The first-order chi connectivity index (χ1) is 16.2. The molecule has 2 aromatic heterocycles. The molecule has 9 heteroatoms. The Kier molecular flexibility index (Phi) is 7.26. The largest absolute Gasteiger partial charge is 0.419 e. The van der Waals surface area contributed by atoms with Crippen LogP contribution in [0.25, 0.3) is 0 Å². The second-order valence-corrected chi connectivity index (χ2v) is 9.11.